The van der Waals surface area contributed by atoms with Crippen LogP contribution in [0.15, 0.2) is 79.1 Å². The molecule has 0 radical (unpaired) electrons. The summed E-state index contributed by atoms with van der Waals surface area (Å²) in [4.78, 5) is 33.8. The number of pyridine rings is 2. The summed E-state index contributed by atoms with van der Waals surface area (Å²) in [7, 11) is 0. The van der Waals surface area contributed by atoms with Crippen LogP contribution < -0.4 is 10.6 Å². The van der Waals surface area contributed by atoms with E-state index in [1.807, 2.05) is 74.5 Å². The molecule has 0 fully saturated rings. The maximum atomic E-state index is 13.1. The highest BCUT2D eigenvalue weighted by Crippen LogP contribution is 2.24. The van der Waals surface area contributed by atoms with Gasteiger partial charge in [-0.3, -0.25) is 14.6 Å². The van der Waals surface area contributed by atoms with Gasteiger partial charge >= 0.3 is 0 Å². The van der Waals surface area contributed by atoms with E-state index in [9.17, 15) is 9.59 Å². The lowest BCUT2D eigenvalue weighted by molar-refractivity contribution is -0.118. The van der Waals surface area contributed by atoms with Gasteiger partial charge in [0.2, 0.25) is 5.91 Å². The largest absolute Gasteiger partial charge is 0.348 e. The Hall–Kier alpha value is -4.06. The van der Waals surface area contributed by atoms with Crippen molar-refractivity contribution in [2.75, 3.05) is 5.32 Å². The van der Waals surface area contributed by atoms with Gasteiger partial charge in [0, 0.05) is 41.5 Å². The second kappa shape index (κ2) is 9.39. The molecule has 160 valence electrons. The summed E-state index contributed by atoms with van der Waals surface area (Å²) in [6.07, 6.45) is 3.44. The van der Waals surface area contributed by atoms with E-state index in [0.29, 0.717) is 17.8 Å². The van der Waals surface area contributed by atoms with E-state index in [2.05, 4.69) is 15.6 Å². The maximum absolute atomic E-state index is 13.1. The first kappa shape index (κ1) is 21.2. The van der Waals surface area contributed by atoms with Gasteiger partial charge in [0.15, 0.2) is 0 Å². The lowest BCUT2D eigenvalue weighted by Crippen LogP contribution is -2.23. The minimum Gasteiger partial charge on any atom is -0.348 e. The van der Waals surface area contributed by atoms with Crippen LogP contribution in [0.5, 0.6) is 0 Å². The summed E-state index contributed by atoms with van der Waals surface area (Å²) >= 11 is 0. The normalized spacial score (nSPS) is 10.8. The van der Waals surface area contributed by atoms with Crippen molar-refractivity contribution in [1.82, 2.24) is 15.3 Å². The third kappa shape index (κ3) is 4.81. The molecule has 2 N–H and O–H groups in total. The van der Waals surface area contributed by atoms with E-state index in [1.165, 1.54) is 0 Å². The molecule has 6 nitrogen and oxygen atoms in total. The molecular weight excluding hydrogens is 400 g/mol. The van der Waals surface area contributed by atoms with Crippen LogP contribution in [-0.4, -0.2) is 21.8 Å². The number of hydrogen-bond acceptors (Lipinski definition) is 4. The molecule has 32 heavy (non-hydrogen) atoms. The molecule has 0 aliphatic rings. The van der Waals surface area contributed by atoms with Crippen molar-refractivity contribution in [3.05, 3.63) is 90.3 Å². The van der Waals surface area contributed by atoms with Crippen LogP contribution >= 0.6 is 0 Å². The number of benzene rings is 2. The molecule has 0 saturated heterocycles. The first-order valence-electron chi connectivity index (χ1n) is 10.5. The second-order valence-electron chi connectivity index (χ2n) is 7.84. The van der Waals surface area contributed by atoms with Gasteiger partial charge in [0.25, 0.3) is 5.91 Å². The fourth-order valence-electron chi connectivity index (χ4n) is 3.30. The molecule has 4 aromatic rings. The van der Waals surface area contributed by atoms with Gasteiger partial charge in [-0.2, -0.15) is 0 Å². The number of nitrogens with zero attached hydrogens (tertiary/aromatic N) is 2. The van der Waals surface area contributed by atoms with Crippen LogP contribution in [0, 0.1) is 5.92 Å². The van der Waals surface area contributed by atoms with Gasteiger partial charge in [-0.25, -0.2) is 4.98 Å². The number of fused-ring (bicyclic) bond motifs is 1. The van der Waals surface area contributed by atoms with Crippen molar-refractivity contribution < 1.29 is 9.59 Å². The maximum Gasteiger partial charge on any atom is 0.252 e. The summed E-state index contributed by atoms with van der Waals surface area (Å²) in [6, 6.07) is 20.6. The Morgan fingerprint density at radius 1 is 0.969 bits per heavy atom. The van der Waals surface area contributed by atoms with E-state index in [4.69, 9.17) is 4.98 Å². The van der Waals surface area contributed by atoms with Gasteiger partial charge in [0.05, 0.1) is 16.8 Å². The summed E-state index contributed by atoms with van der Waals surface area (Å²) in [6.45, 7) is 4.07. The van der Waals surface area contributed by atoms with Crippen molar-refractivity contribution >= 4 is 28.4 Å². The van der Waals surface area contributed by atoms with Crippen LogP contribution in [0.2, 0.25) is 0 Å². The van der Waals surface area contributed by atoms with E-state index in [0.717, 1.165) is 27.7 Å². The smallest absolute Gasteiger partial charge is 0.252 e. The highest BCUT2D eigenvalue weighted by molar-refractivity contribution is 6.07. The zero-order valence-corrected chi connectivity index (χ0v) is 18.0. The van der Waals surface area contributed by atoms with Gasteiger partial charge in [-0.15, -0.1) is 0 Å². The van der Waals surface area contributed by atoms with Crippen LogP contribution in [-0.2, 0) is 11.3 Å². The molecular formula is C26H24N4O2. The van der Waals surface area contributed by atoms with Crippen molar-refractivity contribution in [3.63, 3.8) is 0 Å². The molecule has 2 amide bonds. The zero-order valence-electron chi connectivity index (χ0n) is 18.0. The fourth-order valence-corrected chi connectivity index (χ4v) is 3.30. The molecule has 2 heterocycles. The first-order valence-corrected chi connectivity index (χ1v) is 10.5. The number of anilines is 1. The molecule has 0 saturated carbocycles. The van der Waals surface area contributed by atoms with E-state index in [-0.39, 0.29) is 17.7 Å². The molecule has 0 spiro atoms. The molecule has 0 atom stereocenters. The third-order valence-electron chi connectivity index (χ3n) is 5.12. The molecule has 6 heteroatoms. The predicted molar refractivity (Wildman–Crippen MR) is 126 cm³/mol. The minimum absolute atomic E-state index is 0.0277. The number of amides is 2. The topological polar surface area (TPSA) is 84.0 Å². The highest BCUT2D eigenvalue weighted by atomic mass is 16.2. The molecule has 4 rings (SSSR count). The van der Waals surface area contributed by atoms with Gasteiger partial charge < -0.3 is 10.6 Å². The minimum atomic E-state index is -0.175. The highest BCUT2D eigenvalue weighted by Gasteiger charge is 2.14. The Bertz CT molecular complexity index is 1250. The monoisotopic (exact) mass is 424 g/mol. The van der Waals surface area contributed by atoms with Gasteiger partial charge in [0.1, 0.15) is 0 Å². The predicted octanol–water partition coefficient (Wildman–Crippen LogP) is 4.82. The van der Waals surface area contributed by atoms with Gasteiger partial charge in [-0.1, -0.05) is 44.2 Å². The summed E-state index contributed by atoms with van der Waals surface area (Å²) in [5.74, 6) is -0.285. The Balaban J connectivity index is 1.53. The number of para-hydroxylation sites is 1. The van der Waals surface area contributed by atoms with Crippen molar-refractivity contribution in [1.29, 1.82) is 0 Å². The first-order chi connectivity index (χ1) is 15.5. The lowest BCUT2D eigenvalue weighted by atomic mass is 10.0. The molecule has 2 aromatic heterocycles. The average molecular weight is 425 g/mol. The van der Waals surface area contributed by atoms with Crippen molar-refractivity contribution in [3.8, 4) is 11.3 Å². The number of hydrogen-bond donors (Lipinski definition) is 2. The number of aromatic nitrogens is 2. The Labute approximate surface area is 186 Å². The molecule has 0 unspecified atom stereocenters. The van der Waals surface area contributed by atoms with Crippen LogP contribution in [0.4, 0.5) is 5.69 Å². The Morgan fingerprint density at radius 2 is 1.75 bits per heavy atom. The molecule has 0 aliphatic heterocycles. The number of carbonyl (C=O) groups is 2. The fraction of sp³-hybridized carbons (Fsp3) is 0.154. The van der Waals surface area contributed by atoms with Crippen LogP contribution in [0.25, 0.3) is 22.2 Å². The van der Waals surface area contributed by atoms with E-state index < -0.39 is 0 Å². The number of nitrogens with one attached hydrogen (secondary N) is 2. The van der Waals surface area contributed by atoms with Crippen molar-refractivity contribution in [2.45, 2.75) is 20.4 Å². The Morgan fingerprint density at radius 3 is 2.47 bits per heavy atom. The van der Waals surface area contributed by atoms with Crippen LogP contribution in [0.3, 0.4) is 0 Å². The SMILES string of the molecule is CC(C)C(=O)Nc1ccc(CNC(=O)c2cc(-c3cccnc3)nc3ccccc23)cc1. The standard InChI is InChI=1S/C26H24N4O2/c1-17(2)25(31)29-20-11-9-18(10-12-20)15-28-26(32)22-14-24(19-6-5-13-27-16-19)30-23-8-4-3-7-21(22)23/h3-14,16-17H,15H2,1-2H3,(H,28,32)(H,29,31). The van der Waals surface area contributed by atoms with Gasteiger partial charge in [-0.05, 0) is 42.0 Å². The zero-order chi connectivity index (χ0) is 22.5. The second-order valence-corrected chi connectivity index (χ2v) is 7.84. The molecule has 0 bridgehead atoms. The average Bonchev–Trinajstić information content (AvgIpc) is 2.83. The summed E-state index contributed by atoms with van der Waals surface area (Å²) in [5, 5.41) is 6.65. The Kier molecular flexibility index (Phi) is 6.22. The summed E-state index contributed by atoms with van der Waals surface area (Å²) < 4.78 is 0. The third-order valence-corrected chi connectivity index (χ3v) is 5.12. The quantitative estimate of drug-likeness (QED) is 0.465. The molecule has 0 aliphatic carbocycles. The van der Waals surface area contributed by atoms with Crippen LogP contribution in [0.1, 0.15) is 29.8 Å². The number of carbonyl (C=O) groups excluding carboxylic acids is 2. The lowest BCUT2D eigenvalue weighted by Gasteiger charge is -2.11. The van der Waals surface area contributed by atoms with E-state index in [1.54, 1.807) is 18.5 Å². The molecule has 2 aromatic carbocycles. The number of rotatable bonds is 6. The summed E-state index contributed by atoms with van der Waals surface area (Å²) in [5.41, 5.74) is 4.55. The van der Waals surface area contributed by atoms with E-state index >= 15 is 0 Å². The van der Waals surface area contributed by atoms with Crippen molar-refractivity contribution in [2.24, 2.45) is 5.92 Å².